The van der Waals surface area contributed by atoms with Crippen LogP contribution < -0.4 is 4.74 Å². The van der Waals surface area contributed by atoms with Crippen molar-refractivity contribution in [2.45, 2.75) is 32.8 Å². The van der Waals surface area contributed by atoms with Gasteiger partial charge in [-0.3, -0.25) is 9.59 Å². The SMILES string of the molecule is CC(Oc1cccc2ccccc12)C(=O)N1CCCC(C)(C(=O)O)C1. The van der Waals surface area contributed by atoms with Gasteiger partial charge in [-0.2, -0.15) is 0 Å². The number of likely N-dealkylation sites (tertiary alicyclic amines) is 1. The van der Waals surface area contributed by atoms with Crippen molar-refractivity contribution < 1.29 is 19.4 Å². The Kier molecular flexibility index (Phi) is 4.66. The first-order valence-corrected chi connectivity index (χ1v) is 8.57. The van der Waals surface area contributed by atoms with Crippen LogP contribution in [0.2, 0.25) is 0 Å². The number of ether oxygens (including phenoxy) is 1. The summed E-state index contributed by atoms with van der Waals surface area (Å²) in [5.41, 5.74) is -0.882. The van der Waals surface area contributed by atoms with Crippen molar-refractivity contribution in [3.05, 3.63) is 42.5 Å². The number of aliphatic carboxylic acids is 1. The molecule has 1 N–H and O–H groups in total. The number of carboxylic acids is 1. The molecule has 2 aromatic rings. The van der Waals surface area contributed by atoms with E-state index in [0.717, 1.165) is 10.8 Å². The molecule has 3 rings (SSSR count). The standard InChI is InChI=1S/C20H23NO4/c1-14(18(22)21-12-6-11-20(2,13-21)19(23)24)25-17-10-5-8-15-7-3-4-9-16(15)17/h3-5,7-10,14H,6,11-13H2,1-2H3,(H,23,24). The molecule has 1 heterocycles. The lowest BCUT2D eigenvalue weighted by atomic mass is 9.82. The maximum atomic E-state index is 12.8. The number of carbonyl (C=O) groups is 2. The summed E-state index contributed by atoms with van der Waals surface area (Å²) in [6.45, 7) is 4.22. The van der Waals surface area contributed by atoms with Crippen LogP contribution in [-0.2, 0) is 9.59 Å². The Hall–Kier alpha value is -2.56. The fraction of sp³-hybridized carbons (Fsp3) is 0.400. The van der Waals surface area contributed by atoms with Crippen LogP contribution in [0.3, 0.4) is 0 Å². The number of fused-ring (bicyclic) bond motifs is 1. The summed E-state index contributed by atoms with van der Waals surface area (Å²) in [5.74, 6) is -0.357. The third-order valence-corrected chi connectivity index (χ3v) is 4.93. The number of carbonyl (C=O) groups excluding carboxylic acids is 1. The minimum absolute atomic E-state index is 0.167. The summed E-state index contributed by atoms with van der Waals surface area (Å²) < 4.78 is 5.93. The van der Waals surface area contributed by atoms with Gasteiger partial charge in [-0.15, -0.1) is 0 Å². The second-order valence-corrected chi connectivity index (χ2v) is 6.97. The molecule has 1 aliphatic rings. The summed E-state index contributed by atoms with van der Waals surface area (Å²) in [6.07, 6.45) is 0.613. The highest BCUT2D eigenvalue weighted by Crippen LogP contribution is 2.31. The van der Waals surface area contributed by atoms with Crippen LogP contribution in [-0.4, -0.2) is 41.1 Å². The maximum Gasteiger partial charge on any atom is 0.311 e. The Morgan fingerprint density at radius 3 is 2.68 bits per heavy atom. The van der Waals surface area contributed by atoms with Gasteiger partial charge in [0.1, 0.15) is 5.75 Å². The third-order valence-electron chi connectivity index (χ3n) is 4.93. The van der Waals surface area contributed by atoms with Gasteiger partial charge in [0, 0.05) is 18.5 Å². The summed E-state index contributed by atoms with van der Waals surface area (Å²) in [7, 11) is 0. The first-order chi connectivity index (χ1) is 11.9. The van der Waals surface area contributed by atoms with Gasteiger partial charge in [0.05, 0.1) is 5.41 Å². The molecule has 0 aliphatic carbocycles. The zero-order valence-corrected chi connectivity index (χ0v) is 14.6. The second kappa shape index (κ2) is 6.75. The average molecular weight is 341 g/mol. The average Bonchev–Trinajstić information content (AvgIpc) is 2.61. The smallest absolute Gasteiger partial charge is 0.311 e. The van der Waals surface area contributed by atoms with E-state index < -0.39 is 17.5 Å². The molecule has 1 amide bonds. The van der Waals surface area contributed by atoms with Gasteiger partial charge < -0.3 is 14.7 Å². The van der Waals surface area contributed by atoms with Crippen LogP contribution in [0, 0.1) is 5.41 Å². The zero-order chi connectivity index (χ0) is 18.0. The molecule has 2 unspecified atom stereocenters. The molecule has 0 aromatic heterocycles. The normalized spacial score (nSPS) is 21.8. The van der Waals surface area contributed by atoms with Crippen molar-refractivity contribution in [2.24, 2.45) is 5.41 Å². The fourth-order valence-electron chi connectivity index (χ4n) is 3.40. The topological polar surface area (TPSA) is 66.8 Å². The van der Waals surface area contributed by atoms with Crippen LogP contribution in [0.15, 0.2) is 42.5 Å². The predicted octanol–water partition coefficient (Wildman–Crippen LogP) is 3.32. The zero-order valence-electron chi connectivity index (χ0n) is 14.6. The van der Waals surface area contributed by atoms with Gasteiger partial charge in [0.25, 0.3) is 5.91 Å². The van der Waals surface area contributed by atoms with E-state index in [1.807, 2.05) is 42.5 Å². The Bertz CT molecular complexity index is 798. The minimum Gasteiger partial charge on any atom is -0.481 e. The van der Waals surface area contributed by atoms with E-state index >= 15 is 0 Å². The number of nitrogens with zero attached hydrogens (tertiary/aromatic N) is 1. The van der Waals surface area contributed by atoms with Gasteiger partial charge in [0.2, 0.25) is 0 Å². The Labute approximate surface area is 147 Å². The van der Waals surface area contributed by atoms with E-state index in [1.54, 1.807) is 18.7 Å². The quantitative estimate of drug-likeness (QED) is 0.926. The van der Waals surface area contributed by atoms with Crippen molar-refractivity contribution in [3.63, 3.8) is 0 Å². The molecular weight excluding hydrogens is 318 g/mol. The van der Waals surface area contributed by atoms with Gasteiger partial charge in [-0.25, -0.2) is 0 Å². The van der Waals surface area contributed by atoms with Crippen LogP contribution in [0.4, 0.5) is 0 Å². The lowest BCUT2D eigenvalue weighted by Crippen LogP contribution is -2.51. The van der Waals surface area contributed by atoms with Gasteiger partial charge in [-0.05, 0) is 38.1 Å². The predicted molar refractivity (Wildman–Crippen MR) is 95.6 cm³/mol. The number of piperidine rings is 1. The number of benzene rings is 2. The molecule has 0 radical (unpaired) electrons. The molecule has 25 heavy (non-hydrogen) atoms. The van der Waals surface area contributed by atoms with Crippen LogP contribution in [0.5, 0.6) is 5.75 Å². The van der Waals surface area contributed by atoms with Crippen molar-refractivity contribution in [1.29, 1.82) is 0 Å². The van der Waals surface area contributed by atoms with Crippen molar-refractivity contribution in [1.82, 2.24) is 4.90 Å². The minimum atomic E-state index is -0.882. The lowest BCUT2D eigenvalue weighted by Gasteiger charge is -2.38. The first kappa shape index (κ1) is 17.3. The van der Waals surface area contributed by atoms with E-state index in [2.05, 4.69) is 0 Å². The highest BCUT2D eigenvalue weighted by molar-refractivity contribution is 5.89. The summed E-state index contributed by atoms with van der Waals surface area (Å²) >= 11 is 0. The molecule has 0 saturated carbocycles. The highest BCUT2D eigenvalue weighted by atomic mass is 16.5. The van der Waals surface area contributed by atoms with Crippen LogP contribution in [0.25, 0.3) is 10.8 Å². The fourth-order valence-corrected chi connectivity index (χ4v) is 3.40. The van der Waals surface area contributed by atoms with Crippen LogP contribution >= 0.6 is 0 Å². The molecular formula is C20H23NO4. The Balaban J connectivity index is 1.75. The van der Waals surface area contributed by atoms with Gasteiger partial charge in [-0.1, -0.05) is 36.4 Å². The number of rotatable bonds is 4. The number of carboxylic acid groups (broad SMARTS) is 1. The molecule has 5 nitrogen and oxygen atoms in total. The van der Waals surface area contributed by atoms with Gasteiger partial charge >= 0.3 is 5.97 Å². The lowest BCUT2D eigenvalue weighted by molar-refractivity contribution is -0.155. The first-order valence-electron chi connectivity index (χ1n) is 8.57. The molecule has 132 valence electrons. The van der Waals surface area contributed by atoms with Crippen molar-refractivity contribution >= 4 is 22.6 Å². The van der Waals surface area contributed by atoms with E-state index in [1.165, 1.54) is 0 Å². The molecule has 0 bridgehead atoms. The Morgan fingerprint density at radius 1 is 1.20 bits per heavy atom. The molecule has 1 saturated heterocycles. The number of hydrogen-bond donors (Lipinski definition) is 1. The molecule has 1 aliphatic heterocycles. The van der Waals surface area contributed by atoms with E-state index in [4.69, 9.17) is 4.74 Å². The molecule has 2 aromatic carbocycles. The number of amides is 1. The Morgan fingerprint density at radius 2 is 1.92 bits per heavy atom. The van der Waals surface area contributed by atoms with Crippen molar-refractivity contribution in [3.8, 4) is 5.75 Å². The molecule has 5 heteroatoms. The summed E-state index contributed by atoms with van der Waals surface area (Å²) in [6, 6.07) is 13.6. The summed E-state index contributed by atoms with van der Waals surface area (Å²) in [4.78, 5) is 25.9. The van der Waals surface area contributed by atoms with Crippen molar-refractivity contribution in [2.75, 3.05) is 13.1 Å². The van der Waals surface area contributed by atoms with Gasteiger partial charge in [0.15, 0.2) is 6.10 Å². The molecule has 0 spiro atoms. The van der Waals surface area contributed by atoms with Crippen LogP contribution in [0.1, 0.15) is 26.7 Å². The maximum absolute atomic E-state index is 12.8. The monoisotopic (exact) mass is 341 g/mol. The molecule has 1 fully saturated rings. The summed E-state index contributed by atoms with van der Waals surface area (Å²) in [5, 5.41) is 11.4. The second-order valence-electron chi connectivity index (χ2n) is 6.97. The largest absolute Gasteiger partial charge is 0.481 e. The number of hydrogen-bond acceptors (Lipinski definition) is 3. The third kappa shape index (κ3) is 3.45. The van der Waals surface area contributed by atoms with E-state index in [0.29, 0.717) is 25.1 Å². The van der Waals surface area contributed by atoms with E-state index in [9.17, 15) is 14.7 Å². The highest BCUT2D eigenvalue weighted by Gasteiger charge is 2.40. The molecule has 2 atom stereocenters. The van der Waals surface area contributed by atoms with E-state index in [-0.39, 0.29) is 12.5 Å².